The lowest BCUT2D eigenvalue weighted by Crippen LogP contribution is -2.37. The molecule has 34 heavy (non-hydrogen) atoms. The highest BCUT2D eigenvalue weighted by Crippen LogP contribution is 2.27. The molecule has 5 rings (SSSR count). The summed E-state index contributed by atoms with van der Waals surface area (Å²) in [5, 5.41) is 0. The summed E-state index contributed by atoms with van der Waals surface area (Å²) >= 11 is 0. The highest BCUT2D eigenvalue weighted by Gasteiger charge is 2.22. The molecule has 0 N–H and O–H groups in total. The minimum absolute atomic E-state index is 0.429. The third-order valence-electron chi connectivity index (χ3n) is 6.64. The number of ether oxygens (including phenoxy) is 1. The maximum absolute atomic E-state index is 5.57. The van der Waals surface area contributed by atoms with Crippen LogP contribution in [0.5, 0.6) is 0 Å². The summed E-state index contributed by atoms with van der Waals surface area (Å²) in [5.41, 5.74) is 2.56. The number of hydrogen-bond acceptors (Lipinski definition) is 8. The molecule has 0 saturated carbocycles. The molecule has 2 saturated heterocycles. The Hall–Kier alpha value is -3.26. The minimum atomic E-state index is 0.429. The molecule has 2 aliphatic heterocycles. The van der Waals surface area contributed by atoms with Gasteiger partial charge in [0.05, 0.1) is 11.0 Å². The van der Waals surface area contributed by atoms with E-state index in [0.29, 0.717) is 11.9 Å². The van der Waals surface area contributed by atoms with Crippen LogP contribution >= 0.6 is 0 Å². The first-order chi connectivity index (χ1) is 16.6. The van der Waals surface area contributed by atoms with E-state index in [0.717, 1.165) is 73.3 Å². The molecule has 4 heterocycles. The molecule has 2 aliphatic rings. The number of hydrogen-bond donors (Lipinski definition) is 0. The van der Waals surface area contributed by atoms with Gasteiger partial charge >= 0.3 is 0 Å². The summed E-state index contributed by atoms with van der Waals surface area (Å²) in [6.07, 6.45) is 8.40. The van der Waals surface area contributed by atoms with Gasteiger partial charge in [0.1, 0.15) is 17.3 Å². The van der Waals surface area contributed by atoms with E-state index in [9.17, 15) is 0 Å². The van der Waals surface area contributed by atoms with E-state index in [1.54, 1.807) is 0 Å². The van der Waals surface area contributed by atoms with Gasteiger partial charge in [0, 0.05) is 59.6 Å². The van der Waals surface area contributed by atoms with Crippen molar-refractivity contribution in [3.8, 4) is 0 Å². The number of anilines is 3. The Labute approximate surface area is 201 Å². The molecular weight excluding hydrogens is 426 g/mol. The molecule has 0 spiro atoms. The molecule has 1 aromatic carbocycles. The van der Waals surface area contributed by atoms with Gasteiger partial charge in [0.2, 0.25) is 0 Å². The molecule has 178 valence electrons. The Morgan fingerprint density at radius 1 is 0.912 bits per heavy atom. The zero-order valence-electron chi connectivity index (χ0n) is 20.3. The fraction of sp³-hybridized carbons (Fsp3) is 0.462. The standard InChI is InChI=1S/C26H33N7O/c1-31(2)26-22(27-20-8-4-5-9-21(20)28-26)10-11-23-29-24(32(3)19-12-16-34-17-13-19)18-25(30-23)33-14-6-7-15-33/h4-5,8-11,18-19H,6-7,12-17H2,1-3H3. The average molecular weight is 460 g/mol. The lowest BCUT2D eigenvalue weighted by molar-refractivity contribution is 0.0853. The lowest BCUT2D eigenvalue weighted by Gasteiger charge is -2.32. The molecule has 0 aliphatic carbocycles. The van der Waals surface area contributed by atoms with Crippen LogP contribution in [0.1, 0.15) is 37.2 Å². The van der Waals surface area contributed by atoms with Crippen molar-refractivity contribution >= 4 is 40.6 Å². The Kier molecular flexibility index (Phi) is 6.58. The smallest absolute Gasteiger partial charge is 0.156 e. The van der Waals surface area contributed by atoms with Crippen molar-refractivity contribution < 1.29 is 4.74 Å². The van der Waals surface area contributed by atoms with E-state index in [2.05, 4.69) is 22.9 Å². The molecule has 0 amide bonds. The van der Waals surface area contributed by atoms with E-state index in [4.69, 9.17) is 24.7 Å². The van der Waals surface area contributed by atoms with Crippen molar-refractivity contribution in [2.75, 3.05) is 62.1 Å². The zero-order chi connectivity index (χ0) is 23.5. The lowest BCUT2D eigenvalue weighted by atomic mass is 10.1. The normalized spacial score (nSPS) is 17.1. The van der Waals surface area contributed by atoms with Crippen molar-refractivity contribution in [1.29, 1.82) is 0 Å². The van der Waals surface area contributed by atoms with Crippen LogP contribution in [0.15, 0.2) is 30.3 Å². The second-order valence-corrected chi connectivity index (χ2v) is 9.24. The summed E-state index contributed by atoms with van der Waals surface area (Å²) in [4.78, 5) is 26.2. The van der Waals surface area contributed by atoms with E-state index in [-0.39, 0.29) is 0 Å². The SMILES string of the molecule is CN(C)c1nc2ccccc2nc1C=Cc1nc(N2CCCC2)cc(N(C)C2CCOCC2)n1. The summed E-state index contributed by atoms with van der Waals surface area (Å²) in [6, 6.07) is 10.5. The first-order valence-corrected chi connectivity index (χ1v) is 12.2. The van der Waals surface area contributed by atoms with E-state index in [1.807, 2.05) is 55.4 Å². The Morgan fingerprint density at radius 3 is 2.32 bits per heavy atom. The molecular formula is C26H33N7O. The van der Waals surface area contributed by atoms with Crippen LogP contribution in [0.25, 0.3) is 23.2 Å². The predicted molar refractivity (Wildman–Crippen MR) is 139 cm³/mol. The van der Waals surface area contributed by atoms with Crippen LogP contribution in [-0.4, -0.2) is 73.4 Å². The monoisotopic (exact) mass is 459 g/mol. The maximum Gasteiger partial charge on any atom is 0.156 e. The zero-order valence-corrected chi connectivity index (χ0v) is 20.3. The van der Waals surface area contributed by atoms with Gasteiger partial charge in [-0.05, 0) is 50.0 Å². The van der Waals surface area contributed by atoms with Gasteiger partial charge in [-0.2, -0.15) is 0 Å². The third kappa shape index (κ3) is 4.82. The molecule has 8 heteroatoms. The summed E-state index contributed by atoms with van der Waals surface area (Å²) in [7, 11) is 6.11. The highest BCUT2D eigenvalue weighted by atomic mass is 16.5. The average Bonchev–Trinajstić information content (AvgIpc) is 3.42. The van der Waals surface area contributed by atoms with Gasteiger partial charge in [0.15, 0.2) is 11.6 Å². The summed E-state index contributed by atoms with van der Waals surface area (Å²) < 4.78 is 5.57. The first kappa shape index (κ1) is 22.5. The molecule has 0 bridgehead atoms. The fourth-order valence-electron chi connectivity index (χ4n) is 4.66. The van der Waals surface area contributed by atoms with Crippen molar-refractivity contribution in [3.63, 3.8) is 0 Å². The molecule has 8 nitrogen and oxygen atoms in total. The largest absolute Gasteiger partial charge is 0.381 e. The summed E-state index contributed by atoms with van der Waals surface area (Å²) in [6.45, 7) is 3.70. The van der Waals surface area contributed by atoms with Crippen molar-refractivity contribution in [2.24, 2.45) is 0 Å². The van der Waals surface area contributed by atoms with Crippen molar-refractivity contribution in [2.45, 2.75) is 31.7 Å². The first-order valence-electron chi connectivity index (χ1n) is 12.2. The number of nitrogens with zero attached hydrogens (tertiary/aromatic N) is 7. The van der Waals surface area contributed by atoms with Gasteiger partial charge in [-0.1, -0.05) is 12.1 Å². The molecule has 0 unspecified atom stereocenters. The van der Waals surface area contributed by atoms with Crippen LogP contribution in [0, 0.1) is 0 Å². The van der Waals surface area contributed by atoms with Crippen molar-refractivity contribution in [1.82, 2.24) is 19.9 Å². The van der Waals surface area contributed by atoms with Crippen LogP contribution in [0.3, 0.4) is 0 Å². The van der Waals surface area contributed by atoms with Crippen LogP contribution in [-0.2, 0) is 4.74 Å². The molecule has 3 aromatic rings. The van der Waals surface area contributed by atoms with Gasteiger partial charge in [-0.15, -0.1) is 0 Å². The number of para-hydroxylation sites is 2. The Balaban J connectivity index is 1.51. The van der Waals surface area contributed by atoms with E-state index >= 15 is 0 Å². The second kappa shape index (κ2) is 9.93. The molecule has 0 radical (unpaired) electrons. The second-order valence-electron chi connectivity index (χ2n) is 9.24. The Morgan fingerprint density at radius 2 is 1.62 bits per heavy atom. The minimum Gasteiger partial charge on any atom is -0.381 e. The maximum atomic E-state index is 5.57. The van der Waals surface area contributed by atoms with Gasteiger partial charge in [-0.25, -0.2) is 19.9 Å². The van der Waals surface area contributed by atoms with Crippen molar-refractivity contribution in [3.05, 3.63) is 41.9 Å². The highest BCUT2D eigenvalue weighted by molar-refractivity contribution is 5.81. The van der Waals surface area contributed by atoms with Crippen LogP contribution in [0.4, 0.5) is 17.5 Å². The van der Waals surface area contributed by atoms with Gasteiger partial charge < -0.3 is 19.4 Å². The summed E-state index contributed by atoms with van der Waals surface area (Å²) in [5.74, 6) is 3.47. The van der Waals surface area contributed by atoms with Crippen LogP contribution < -0.4 is 14.7 Å². The Bertz CT molecular complexity index is 1170. The fourth-order valence-corrected chi connectivity index (χ4v) is 4.66. The number of fused-ring (bicyclic) bond motifs is 1. The third-order valence-corrected chi connectivity index (χ3v) is 6.64. The predicted octanol–water partition coefficient (Wildman–Crippen LogP) is 3.87. The van der Waals surface area contributed by atoms with E-state index < -0.39 is 0 Å². The van der Waals surface area contributed by atoms with Crippen LogP contribution in [0.2, 0.25) is 0 Å². The quantitative estimate of drug-likeness (QED) is 0.550. The van der Waals surface area contributed by atoms with E-state index in [1.165, 1.54) is 12.8 Å². The molecule has 0 atom stereocenters. The number of rotatable bonds is 6. The van der Waals surface area contributed by atoms with Gasteiger partial charge in [0.25, 0.3) is 0 Å². The van der Waals surface area contributed by atoms with Gasteiger partial charge in [-0.3, -0.25) is 0 Å². The molecule has 2 aromatic heterocycles. The number of benzene rings is 1. The number of aromatic nitrogens is 4. The topological polar surface area (TPSA) is 70.5 Å². The molecule has 2 fully saturated rings.